The number of urea groups is 1. The molecule has 2 aromatic rings. The lowest BCUT2D eigenvalue weighted by Crippen LogP contribution is -2.40. The zero-order chi connectivity index (χ0) is 21.7. The number of carbonyl (C=O) groups excluding carboxylic acids is 3. The first kappa shape index (κ1) is 21.3. The summed E-state index contributed by atoms with van der Waals surface area (Å²) in [6.45, 7) is 2.95. The molecule has 1 fully saturated rings. The van der Waals surface area contributed by atoms with Gasteiger partial charge in [-0.05, 0) is 37.2 Å². The van der Waals surface area contributed by atoms with E-state index < -0.39 is 17.8 Å². The van der Waals surface area contributed by atoms with Gasteiger partial charge in [-0.15, -0.1) is 0 Å². The molecule has 8 heteroatoms. The van der Waals surface area contributed by atoms with Crippen LogP contribution < -0.4 is 9.47 Å². The number of hydrogen-bond acceptors (Lipinski definition) is 6. The van der Waals surface area contributed by atoms with Crippen LogP contribution in [0.15, 0.2) is 48.5 Å². The monoisotopic (exact) mass is 411 g/mol. The summed E-state index contributed by atoms with van der Waals surface area (Å²) in [6, 6.07) is 14.1. The zero-order valence-electron chi connectivity index (χ0n) is 17.3. The lowest BCUT2D eigenvalue weighted by molar-refractivity contribution is -0.144. The van der Waals surface area contributed by atoms with Crippen molar-refractivity contribution in [1.29, 1.82) is 0 Å². The van der Waals surface area contributed by atoms with E-state index in [1.54, 1.807) is 31.2 Å². The van der Waals surface area contributed by atoms with Gasteiger partial charge in [-0.1, -0.05) is 36.4 Å². The Balaban J connectivity index is 1.66. The van der Waals surface area contributed by atoms with Crippen molar-refractivity contribution < 1.29 is 23.9 Å². The van der Waals surface area contributed by atoms with Gasteiger partial charge in [0.25, 0.3) is 0 Å². The lowest BCUT2D eigenvalue weighted by Gasteiger charge is -2.23. The van der Waals surface area contributed by atoms with E-state index in [1.165, 1.54) is 0 Å². The molecule has 0 aromatic heterocycles. The number of methoxy groups -OCH3 is 1. The van der Waals surface area contributed by atoms with Gasteiger partial charge in [0.15, 0.2) is 11.5 Å². The summed E-state index contributed by atoms with van der Waals surface area (Å²) in [5.41, 5.74) is 1.70. The molecule has 1 aliphatic heterocycles. The molecular formula is C22H25N3O5. The average Bonchev–Trinajstić information content (AvgIpc) is 2.94. The fourth-order valence-corrected chi connectivity index (χ4v) is 3.27. The quantitative estimate of drug-likeness (QED) is 0.466. The normalized spacial score (nSPS) is 14.1. The number of hydrogen-bond donors (Lipinski definition) is 0. The first-order valence-corrected chi connectivity index (χ1v) is 9.64. The maximum Gasteiger partial charge on any atom is 0.335 e. The van der Waals surface area contributed by atoms with Gasteiger partial charge in [0, 0.05) is 6.54 Å². The van der Waals surface area contributed by atoms with Gasteiger partial charge in [0.2, 0.25) is 0 Å². The second-order valence-electron chi connectivity index (χ2n) is 6.97. The van der Waals surface area contributed by atoms with Crippen LogP contribution in [0.5, 0.6) is 11.5 Å². The van der Waals surface area contributed by atoms with Gasteiger partial charge in [-0.3, -0.25) is 19.4 Å². The van der Waals surface area contributed by atoms with E-state index in [-0.39, 0.29) is 13.2 Å². The summed E-state index contributed by atoms with van der Waals surface area (Å²) >= 11 is 0. The van der Waals surface area contributed by atoms with Crippen LogP contribution in [0.25, 0.3) is 0 Å². The largest absolute Gasteiger partial charge is 0.493 e. The highest BCUT2D eigenvalue weighted by Crippen LogP contribution is 2.28. The average molecular weight is 411 g/mol. The third-order valence-corrected chi connectivity index (χ3v) is 4.68. The third kappa shape index (κ3) is 4.60. The van der Waals surface area contributed by atoms with Crippen LogP contribution in [-0.4, -0.2) is 60.0 Å². The highest BCUT2D eigenvalue weighted by Gasteiger charge is 2.44. The molecule has 4 amide bonds. The minimum atomic E-state index is -0.813. The molecule has 158 valence electrons. The standard InChI is InChI=1S/C22H25N3O5/c1-4-30-18-11-10-17(12-19(18)29-3)13-23(2)15-25-21(27)20(26)24(22(25)28)14-16-8-6-5-7-9-16/h5-12H,4,13-15H2,1-3H3. The number of imide groups is 2. The van der Waals surface area contributed by atoms with Gasteiger partial charge >= 0.3 is 17.8 Å². The SMILES string of the molecule is CCOc1ccc(CN(C)CN2C(=O)C(=O)N(Cc3ccccc3)C2=O)cc1OC. The third-order valence-electron chi connectivity index (χ3n) is 4.68. The second kappa shape index (κ2) is 9.41. The molecular weight excluding hydrogens is 386 g/mol. The topological polar surface area (TPSA) is 79.4 Å². The molecule has 3 rings (SSSR count). The molecule has 0 aliphatic carbocycles. The van der Waals surface area contributed by atoms with E-state index in [2.05, 4.69) is 0 Å². The van der Waals surface area contributed by atoms with Gasteiger partial charge in [-0.2, -0.15) is 0 Å². The van der Waals surface area contributed by atoms with Gasteiger partial charge in [-0.25, -0.2) is 9.69 Å². The number of ether oxygens (including phenoxy) is 2. The lowest BCUT2D eigenvalue weighted by atomic mass is 10.2. The molecule has 0 atom stereocenters. The molecule has 2 aromatic carbocycles. The molecule has 1 aliphatic rings. The van der Waals surface area contributed by atoms with E-state index >= 15 is 0 Å². The predicted octanol–water partition coefficient (Wildman–Crippen LogP) is 2.47. The highest BCUT2D eigenvalue weighted by molar-refractivity contribution is 6.44. The highest BCUT2D eigenvalue weighted by atomic mass is 16.5. The minimum Gasteiger partial charge on any atom is -0.493 e. The number of nitrogens with zero attached hydrogens (tertiary/aromatic N) is 3. The van der Waals surface area contributed by atoms with Crippen molar-refractivity contribution in [2.24, 2.45) is 0 Å². The molecule has 0 saturated carbocycles. The molecule has 30 heavy (non-hydrogen) atoms. The predicted molar refractivity (Wildman–Crippen MR) is 110 cm³/mol. The van der Waals surface area contributed by atoms with E-state index in [4.69, 9.17) is 9.47 Å². The first-order valence-electron chi connectivity index (χ1n) is 9.64. The van der Waals surface area contributed by atoms with Crippen molar-refractivity contribution in [3.05, 3.63) is 59.7 Å². The molecule has 0 N–H and O–H groups in total. The first-order chi connectivity index (χ1) is 14.4. The minimum absolute atomic E-state index is 0.00419. The molecule has 1 saturated heterocycles. The summed E-state index contributed by atoms with van der Waals surface area (Å²) in [5, 5.41) is 0. The Hall–Kier alpha value is -3.39. The Morgan fingerprint density at radius 1 is 0.900 bits per heavy atom. The summed E-state index contributed by atoms with van der Waals surface area (Å²) in [4.78, 5) is 41.1. The maximum absolute atomic E-state index is 12.7. The van der Waals surface area contributed by atoms with Gasteiger partial charge < -0.3 is 9.47 Å². The Bertz CT molecular complexity index is 932. The van der Waals surface area contributed by atoms with E-state index in [0.717, 1.165) is 20.9 Å². The summed E-state index contributed by atoms with van der Waals surface area (Å²) in [5.74, 6) is -0.356. The Morgan fingerprint density at radius 2 is 1.60 bits per heavy atom. The van der Waals surface area contributed by atoms with Crippen molar-refractivity contribution in [3.63, 3.8) is 0 Å². The molecule has 0 bridgehead atoms. The number of amides is 4. The van der Waals surface area contributed by atoms with Gasteiger partial charge in [0.1, 0.15) is 0 Å². The van der Waals surface area contributed by atoms with Crippen LogP contribution in [-0.2, 0) is 22.7 Å². The van der Waals surface area contributed by atoms with Crippen LogP contribution in [0.3, 0.4) is 0 Å². The van der Waals surface area contributed by atoms with E-state index in [9.17, 15) is 14.4 Å². The number of carbonyl (C=O) groups is 3. The van der Waals surface area contributed by atoms with Crippen molar-refractivity contribution in [2.75, 3.05) is 27.4 Å². The molecule has 0 spiro atoms. The summed E-state index contributed by atoms with van der Waals surface area (Å²) in [6.07, 6.45) is 0. The van der Waals surface area contributed by atoms with Crippen LogP contribution in [0.4, 0.5) is 4.79 Å². The fourth-order valence-electron chi connectivity index (χ4n) is 3.27. The zero-order valence-corrected chi connectivity index (χ0v) is 17.3. The smallest absolute Gasteiger partial charge is 0.335 e. The van der Waals surface area contributed by atoms with Gasteiger partial charge in [0.05, 0.1) is 26.9 Å². The van der Waals surface area contributed by atoms with Crippen LogP contribution in [0.1, 0.15) is 18.1 Å². The second-order valence-corrected chi connectivity index (χ2v) is 6.97. The fraction of sp³-hybridized carbons (Fsp3) is 0.318. The Morgan fingerprint density at radius 3 is 2.27 bits per heavy atom. The van der Waals surface area contributed by atoms with Crippen molar-refractivity contribution >= 4 is 17.8 Å². The van der Waals surface area contributed by atoms with Crippen LogP contribution in [0, 0.1) is 0 Å². The Kier molecular flexibility index (Phi) is 6.68. The van der Waals surface area contributed by atoms with Crippen LogP contribution >= 0.6 is 0 Å². The number of rotatable bonds is 9. The van der Waals surface area contributed by atoms with E-state index in [1.807, 2.05) is 43.3 Å². The van der Waals surface area contributed by atoms with Crippen molar-refractivity contribution in [2.45, 2.75) is 20.0 Å². The maximum atomic E-state index is 12.7. The van der Waals surface area contributed by atoms with Crippen LogP contribution in [0.2, 0.25) is 0 Å². The summed E-state index contributed by atoms with van der Waals surface area (Å²) < 4.78 is 10.9. The summed E-state index contributed by atoms with van der Waals surface area (Å²) in [7, 11) is 3.34. The molecule has 1 heterocycles. The number of benzene rings is 2. The van der Waals surface area contributed by atoms with Crippen molar-refractivity contribution in [3.8, 4) is 11.5 Å². The van der Waals surface area contributed by atoms with Crippen molar-refractivity contribution in [1.82, 2.24) is 14.7 Å². The molecule has 0 unspecified atom stereocenters. The van der Waals surface area contributed by atoms with E-state index in [0.29, 0.717) is 24.7 Å². The molecule has 8 nitrogen and oxygen atoms in total. The molecule has 0 radical (unpaired) electrons. The Labute approximate surface area is 175 Å².